The van der Waals surface area contributed by atoms with Crippen molar-refractivity contribution in [1.82, 2.24) is 0 Å². The monoisotopic (exact) mass is 414 g/mol. The minimum atomic E-state index is -0.557. The topological polar surface area (TPSA) is 69.7 Å². The number of allylic oxidation sites excluding steroid dienone is 6. The predicted octanol–water partition coefficient (Wildman–Crippen LogP) is 5.03. The van der Waals surface area contributed by atoms with E-state index in [-0.39, 0.29) is 42.4 Å². The van der Waals surface area contributed by atoms with Gasteiger partial charge in [-0.25, -0.2) is 4.79 Å². The standard InChI is InChI=1S/C25H34O5/c1-6-8-9-10-18-14-21(26)23(20-13-17(5)11-12-19(20)16(3)4)25(24(18)28)30-15-22(27)29-7-2/h13-14,19-20H,3,6-12,15H2,1-2,4-5H3/t19-,20?/m0/s1. The van der Waals surface area contributed by atoms with Gasteiger partial charge < -0.3 is 9.47 Å². The summed E-state index contributed by atoms with van der Waals surface area (Å²) >= 11 is 0. The molecule has 2 rings (SSSR count). The van der Waals surface area contributed by atoms with E-state index in [4.69, 9.17) is 9.47 Å². The first-order valence-corrected chi connectivity index (χ1v) is 10.9. The number of unbranched alkanes of at least 4 members (excludes halogenated alkanes) is 2. The maximum atomic E-state index is 13.2. The molecule has 5 nitrogen and oxygen atoms in total. The molecule has 0 saturated carbocycles. The lowest BCUT2D eigenvalue weighted by molar-refractivity contribution is -0.147. The van der Waals surface area contributed by atoms with Crippen molar-refractivity contribution in [3.63, 3.8) is 0 Å². The molecule has 0 aromatic rings. The summed E-state index contributed by atoms with van der Waals surface area (Å²) in [5.74, 6) is -1.28. The molecule has 0 N–H and O–H groups in total. The molecule has 1 unspecified atom stereocenters. The lowest BCUT2D eigenvalue weighted by Crippen LogP contribution is -2.31. The van der Waals surface area contributed by atoms with Crippen molar-refractivity contribution in [2.24, 2.45) is 11.8 Å². The van der Waals surface area contributed by atoms with E-state index in [1.165, 1.54) is 11.6 Å². The minimum Gasteiger partial charge on any atom is -0.477 e. The molecule has 0 amide bonds. The molecular weight excluding hydrogens is 380 g/mol. The van der Waals surface area contributed by atoms with E-state index in [2.05, 4.69) is 13.5 Å². The van der Waals surface area contributed by atoms with E-state index in [0.717, 1.165) is 37.7 Å². The van der Waals surface area contributed by atoms with Crippen molar-refractivity contribution in [3.8, 4) is 0 Å². The van der Waals surface area contributed by atoms with Gasteiger partial charge in [0.1, 0.15) is 0 Å². The van der Waals surface area contributed by atoms with Crippen molar-refractivity contribution < 1.29 is 23.9 Å². The number of hydrogen-bond acceptors (Lipinski definition) is 5. The van der Waals surface area contributed by atoms with Crippen LogP contribution in [0.25, 0.3) is 0 Å². The van der Waals surface area contributed by atoms with Gasteiger partial charge in [0.05, 0.1) is 12.2 Å². The summed E-state index contributed by atoms with van der Waals surface area (Å²) in [5.41, 5.74) is 2.95. The zero-order valence-electron chi connectivity index (χ0n) is 18.7. The Labute approximate surface area is 179 Å². The molecule has 0 aliphatic heterocycles. The van der Waals surface area contributed by atoms with Gasteiger partial charge in [0.15, 0.2) is 18.1 Å². The number of Topliss-reactive ketones (excluding diaryl/α,β-unsaturated/α-hetero) is 1. The van der Waals surface area contributed by atoms with Crippen LogP contribution in [0, 0.1) is 11.8 Å². The quantitative estimate of drug-likeness (QED) is 0.217. The SMILES string of the molecule is C=C(C)[C@@H]1CCC(C)=CC1C1=C(OCC(=O)OCC)C(=O)C(CCCCC)=CC1=O. The Balaban J connectivity index is 2.44. The Morgan fingerprint density at radius 3 is 2.60 bits per heavy atom. The highest BCUT2D eigenvalue weighted by atomic mass is 16.6. The Morgan fingerprint density at radius 1 is 1.23 bits per heavy atom. The van der Waals surface area contributed by atoms with Gasteiger partial charge in [0.2, 0.25) is 5.78 Å². The van der Waals surface area contributed by atoms with Gasteiger partial charge in [-0.3, -0.25) is 9.59 Å². The van der Waals surface area contributed by atoms with E-state index in [0.29, 0.717) is 17.6 Å². The van der Waals surface area contributed by atoms with Gasteiger partial charge >= 0.3 is 5.97 Å². The van der Waals surface area contributed by atoms with Crippen molar-refractivity contribution in [2.45, 2.75) is 66.2 Å². The second-order valence-corrected chi connectivity index (χ2v) is 8.19. The van der Waals surface area contributed by atoms with E-state index >= 15 is 0 Å². The molecule has 0 radical (unpaired) electrons. The van der Waals surface area contributed by atoms with Gasteiger partial charge in [-0.05, 0) is 58.4 Å². The van der Waals surface area contributed by atoms with Crippen molar-refractivity contribution >= 4 is 17.5 Å². The molecule has 30 heavy (non-hydrogen) atoms. The summed E-state index contributed by atoms with van der Waals surface area (Å²) in [6, 6.07) is 0. The molecule has 2 aliphatic rings. The summed E-state index contributed by atoms with van der Waals surface area (Å²) in [5, 5.41) is 0. The van der Waals surface area contributed by atoms with Crippen LogP contribution in [0.2, 0.25) is 0 Å². The minimum absolute atomic E-state index is 0.00394. The van der Waals surface area contributed by atoms with Crippen LogP contribution in [0.5, 0.6) is 0 Å². The fourth-order valence-corrected chi connectivity index (χ4v) is 4.13. The molecule has 0 heterocycles. The first-order chi connectivity index (χ1) is 14.3. The molecule has 5 heteroatoms. The fraction of sp³-hybridized carbons (Fsp3) is 0.560. The third-order valence-electron chi connectivity index (χ3n) is 5.72. The number of hydrogen-bond donors (Lipinski definition) is 0. The third-order valence-corrected chi connectivity index (χ3v) is 5.72. The molecule has 164 valence electrons. The van der Waals surface area contributed by atoms with Crippen molar-refractivity contribution in [3.05, 3.63) is 46.8 Å². The van der Waals surface area contributed by atoms with Crippen LogP contribution in [0.3, 0.4) is 0 Å². The Kier molecular flexibility index (Phi) is 8.82. The number of carbonyl (C=O) groups is 3. The van der Waals surface area contributed by atoms with E-state index < -0.39 is 5.97 Å². The van der Waals surface area contributed by atoms with Gasteiger partial charge in [0.25, 0.3) is 0 Å². The molecular formula is C25H34O5. The second-order valence-electron chi connectivity index (χ2n) is 8.19. The molecule has 0 saturated heterocycles. The van der Waals surface area contributed by atoms with Crippen LogP contribution in [0.4, 0.5) is 0 Å². The highest BCUT2D eigenvalue weighted by Crippen LogP contribution is 2.41. The fourth-order valence-electron chi connectivity index (χ4n) is 4.13. The molecule has 2 atom stereocenters. The molecule has 2 aliphatic carbocycles. The molecule has 0 aromatic heterocycles. The van der Waals surface area contributed by atoms with E-state index in [1.807, 2.05) is 19.9 Å². The highest BCUT2D eigenvalue weighted by molar-refractivity contribution is 6.22. The molecule has 0 aromatic carbocycles. The summed E-state index contributed by atoms with van der Waals surface area (Å²) in [4.78, 5) is 38.3. The summed E-state index contributed by atoms with van der Waals surface area (Å²) in [6.45, 7) is 11.7. The highest BCUT2D eigenvalue weighted by Gasteiger charge is 2.38. The number of esters is 1. The van der Waals surface area contributed by atoms with Gasteiger partial charge in [0, 0.05) is 11.5 Å². The Morgan fingerprint density at radius 2 is 1.97 bits per heavy atom. The number of ether oxygens (including phenoxy) is 2. The molecule has 0 bridgehead atoms. The van der Waals surface area contributed by atoms with Crippen LogP contribution in [-0.2, 0) is 23.9 Å². The Hall–Kier alpha value is -2.43. The first kappa shape index (κ1) is 23.8. The number of carbonyl (C=O) groups excluding carboxylic acids is 3. The third kappa shape index (κ3) is 5.80. The summed E-state index contributed by atoms with van der Waals surface area (Å²) in [7, 11) is 0. The van der Waals surface area contributed by atoms with Crippen LogP contribution >= 0.6 is 0 Å². The maximum Gasteiger partial charge on any atom is 0.344 e. The first-order valence-electron chi connectivity index (χ1n) is 10.9. The van der Waals surface area contributed by atoms with Crippen LogP contribution in [0.15, 0.2) is 46.8 Å². The van der Waals surface area contributed by atoms with Crippen LogP contribution in [0.1, 0.15) is 66.2 Å². The van der Waals surface area contributed by atoms with Crippen molar-refractivity contribution in [2.75, 3.05) is 13.2 Å². The normalized spacial score (nSPS) is 21.9. The predicted molar refractivity (Wildman–Crippen MR) is 117 cm³/mol. The summed E-state index contributed by atoms with van der Waals surface area (Å²) < 4.78 is 10.6. The van der Waals surface area contributed by atoms with Gasteiger partial charge in [-0.1, -0.05) is 43.6 Å². The summed E-state index contributed by atoms with van der Waals surface area (Å²) in [6.07, 6.45) is 8.68. The lowest BCUT2D eigenvalue weighted by Gasteiger charge is -2.33. The van der Waals surface area contributed by atoms with Crippen LogP contribution < -0.4 is 0 Å². The molecule has 0 spiro atoms. The number of rotatable bonds is 10. The van der Waals surface area contributed by atoms with E-state index in [1.54, 1.807) is 6.92 Å². The van der Waals surface area contributed by atoms with Crippen LogP contribution in [-0.4, -0.2) is 30.7 Å². The smallest absolute Gasteiger partial charge is 0.344 e. The van der Waals surface area contributed by atoms with Crippen molar-refractivity contribution in [1.29, 1.82) is 0 Å². The zero-order chi connectivity index (χ0) is 22.3. The number of ketones is 2. The average Bonchev–Trinajstić information content (AvgIpc) is 2.69. The Bertz CT molecular complexity index is 796. The van der Waals surface area contributed by atoms with E-state index in [9.17, 15) is 14.4 Å². The largest absolute Gasteiger partial charge is 0.477 e. The molecule has 0 fully saturated rings. The maximum absolute atomic E-state index is 13.2. The second kappa shape index (κ2) is 11.1. The average molecular weight is 415 g/mol. The van der Waals surface area contributed by atoms with Gasteiger partial charge in [-0.2, -0.15) is 0 Å². The zero-order valence-corrected chi connectivity index (χ0v) is 18.7. The van der Waals surface area contributed by atoms with Gasteiger partial charge in [-0.15, -0.1) is 0 Å². The lowest BCUT2D eigenvalue weighted by atomic mass is 9.71.